The van der Waals surface area contributed by atoms with Gasteiger partial charge in [0.05, 0.1) is 29.5 Å². The molecule has 0 unspecified atom stereocenters. The van der Waals surface area contributed by atoms with Crippen LogP contribution in [0.15, 0.2) is 59.5 Å². The van der Waals surface area contributed by atoms with Gasteiger partial charge in [0, 0.05) is 25.1 Å². The predicted molar refractivity (Wildman–Crippen MR) is 118 cm³/mol. The summed E-state index contributed by atoms with van der Waals surface area (Å²) in [4.78, 5) is 12.8. The Kier molecular flexibility index (Phi) is 6.29. The van der Waals surface area contributed by atoms with Crippen LogP contribution in [-0.2, 0) is 27.7 Å². The number of sulfonamides is 1. The van der Waals surface area contributed by atoms with E-state index < -0.39 is 16.0 Å². The van der Waals surface area contributed by atoms with E-state index in [2.05, 4.69) is 5.10 Å². The smallest absolute Gasteiger partial charge is 0.359 e. The number of nitrogens with zero attached hydrogens (tertiary/aromatic N) is 3. The number of carbonyl (C=O) groups is 1. The predicted octanol–water partition coefficient (Wildman–Crippen LogP) is 3.19. The second-order valence-electron chi connectivity index (χ2n) is 7.23. The molecule has 0 atom stereocenters. The maximum absolute atomic E-state index is 13.3. The maximum Gasteiger partial charge on any atom is 0.359 e. The van der Waals surface area contributed by atoms with Crippen molar-refractivity contribution in [2.75, 3.05) is 19.8 Å². The number of rotatable bonds is 7. The van der Waals surface area contributed by atoms with Gasteiger partial charge in [-0.05, 0) is 50.2 Å². The summed E-state index contributed by atoms with van der Waals surface area (Å²) < 4.78 is 40.3. The first-order valence-corrected chi connectivity index (χ1v) is 12.0. The molecule has 0 amide bonds. The van der Waals surface area contributed by atoms with Crippen LogP contribution in [-0.4, -0.2) is 48.2 Å². The fourth-order valence-corrected chi connectivity index (χ4v) is 5.18. The third-order valence-corrected chi connectivity index (χ3v) is 7.12. The zero-order valence-electron chi connectivity index (χ0n) is 18.0. The molecule has 4 rings (SSSR count). The van der Waals surface area contributed by atoms with Gasteiger partial charge in [-0.25, -0.2) is 17.9 Å². The van der Waals surface area contributed by atoms with Gasteiger partial charge in [0.2, 0.25) is 10.0 Å². The Hall–Kier alpha value is -3.17. The number of fused-ring (bicyclic) bond motifs is 1. The molecule has 0 N–H and O–H groups in total. The van der Waals surface area contributed by atoms with Gasteiger partial charge in [0.1, 0.15) is 5.75 Å². The van der Waals surface area contributed by atoms with Crippen LogP contribution in [0.1, 0.15) is 35.6 Å². The van der Waals surface area contributed by atoms with Crippen molar-refractivity contribution in [2.45, 2.75) is 31.7 Å². The van der Waals surface area contributed by atoms with E-state index in [0.29, 0.717) is 24.3 Å². The molecule has 0 aliphatic carbocycles. The van der Waals surface area contributed by atoms with Crippen molar-refractivity contribution in [3.05, 3.63) is 71.5 Å². The monoisotopic (exact) mass is 455 g/mol. The summed E-state index contributed by atoms with van der Waals surface area (Å²) in [5, 5.41) is 4.51. The molecule has 168 valence electrons. The first-order chi connectivity index (χ1) is 15.5. The minimum Gasteiger partial charge on any atom is -0.494 e. The van der Waals surface area contributed by atoms with E-state index in [1.54, 1.807) is 23.7 Å². The van der Waals surface area contributed by atoms with Crippen LogP contribution in [0.3, 0.4) is 0 Å². The third-order valence-electron chi connectivity index (χ3n) is 5.26. The van der Waals surface area contributed by atoms with Gasteiger partial charge in [-0.2, -0.15) is 9.40 Å². The number of para-hydroxylation sites is 1. The molecule has 9 heteroatoms. The van der Waals surface area contributed by atoms with Crippen LogP contribution in [0.2, 0.25) is 0 Å². The lowest BCUT2D eigenvalue weighted by atomic mass is 10.1. The molecule has 0 saturated carbocycles. The van der Waals surface area contributed by atoms with Crippen LogP contribution in [0, 0.1) is 0 Å². The molecule has 2 heterocycles. The van der Waals surface area contributed by atoms with E-state index in [-0.39, 0.29) is 30.3 Å². The summed E-state index contributed by atoms with van der Waals surface area (Å²) in [6.07, 6.45) is 0.424. The second-order valence-corrected chi connectivity index (χ2v) is 9.17. The lowest BCUT2D eigenvalue weighted by molar-refractivity contribution is 0.0517. The van der Waals surface area contributed by atoms with E-state index in [9.17, 15) is 13.2 Å². The average Bonchev–Trinajstić information content (AvgIpc) is 3.19. The topological polar surface area (TPSA) is 90.7 Å². The molecule has 1 aliphatic heterocycles. The molecule has 0 bridgehead atoms. The maximum atomic E-state index is 13.3. The highest BCUT2D eigenvalue weighted by molar-refractivity contribution is 7.89. The Bertz CT molecular complexity index is 1200. The number of hydrogen-bond acceptors (Lipinski definition) is 6. The van der Waals surface area contributed by atoms with Crippen molar-refractivity contribution in [1.29, 1.82) is 0 Å². The normalized spacial score (nSPS) is 14.1. The lowest BCUT2D eigenvalue weighted by Crippen LogP contribution is -2.36. The van der Waals surface area contributed by atoms with Gasteiger partial charge in [-0.3, -0.25) is 0 Å². The van der Waals surface area contributed by atoms with Gasteiger partial charge in [0.25, 0.3) is 0 Å². The Morgan fingerprint density at radius 1 is 1.03 bits per heavy atom. The van der Waals surface area contributed by atoms with Gasteiger partial charge in [-0.1, -0.05) is 18.2 Å². The number of carbonyl (C=O) groups excluding carboxylic acids is 1. The van der Waals surface area contributed by atoms with E-state index >= 15 is 0 Å². The molecule has 1 aromatic heterocycles. The molecule has 0 radical (unpaired) electrons. The number of aromatic nitrogens is 2. The highest BCUT2D eigenvalue weighted by atomic mass is 32.2. The zero-order valence-corrected chi connectivity index (χ0v) is 18.8. The van der Waals surface area contributed by atoms with Crippen molar-refractivity contribution >= 4 is 16.0 Å². The number of esters is 1. The molecule has 32 heavy (non-hydrogen) atoms. The fourth-order valence-electron chi connectivity index (χ4n) is 3.77. The minimum atomic E-state index is -3.76. The zero-order chi connectivity index (χ0) is 22.7. The van der Waals surface area contributed by atoms with Gasteiger partial charge < -0.3 is 9.47 Å². The Labute approximate surface area is 187 Å². The van der Waals surface area contributed by atoms with Gasteiger partial charge >= 0.3 is 5.97 Å². The van der Waals surface area contributed by atoms with E-state index in [1.165, 1.54) is 16.4 Å². The summed E-state index contributed by atoms with van der Waals surface area (Å²) in [6.45, 7) is 4.63. The van der Waals surface area contributed by atoms with Gasteiger partial charge in [-0.15, -0.1) is 0 Å². The number of benzene rings is 2. The summed E-state index contributed by atoms with van der Waals surface area (Å²) in [6, 6.07) is 15.8. The third kappa shape index (κ3) is 4.13. The van der Waals surface area contributed by atoms with Gasteiger partial charge in [0.15, 0.2) is 5.69 Å². The standard InChI is InChI=1S/C23H25N3O5S/c1-3-30-18-10-12-19(13-11-18)32(28,29)25-15-14-21-20(16-25)22(23(27)31-4-2)24-26(21)17-8-6-5-7-9-17/h5-13H,3-4,14-16H2,1-2H3. The SMILES string of the molecule is CCOC(=O)c1nn(-c2ccccc2)c2c1CN(S(=O)(=O)c1ccc(OCC)cc1)CC2. The fraction of sp³-hybridized carbons (Fsp3) is 0.304. The first kappa shape index (κ1) is 22.0. The van der Waals surface area contributed by atoms with Crippen LogP contribution >= 0.6 is 0 Å². The molecule has 3 aromatic rings. The highest BCUT2D eigenvalue weighted by Crippen LogP contribution is 2.30. The molecular weight excluding hydrogens is 430 g/mol. The van der Waals surface area contributed by atoms with Crippen molar-refractivity contribution in [3.8, 4) is 11.4 Å². The number of ether oxygens (including phenoxy) is 2. The Morgan fingerprint density at radius 2 is 1.75 bits per heavy atom. The largest absolute Gasteiger partial charge is 0.494 e. The van der Waals surface area contributed by atoms with E-state index in [4.69, 9.17) is 9.47 Å². The highest BCUT2D eigenvalue weighted by Gasteiger charge is 2.34. The van der Waals surface area contributed by atoms with Crippen molar-refractivity contribution in [1.82, 2.24) is 14.1 Å². The van der Waals surface area contributed by atoms with Crippen LogP contribution < -0.4 is 4.74 Å². The molecular formula is C23H25N3O5S. The van der Waals surface area contributed by atoms with Crippen molar-refractivity contribution in [2.24, 2.45) is 0 Å². The number of hydrogen-bond donors (Lipinski definition) is 0. The van der Waals surface area contributed by atoms with Crippen LogP contribution in [0.25, 0.3) is 5.69 Å². The minimum absolute atomic E-state index is 0.0475. The van der Waals surface area contributed by atoms with Crippen molar-refractivity contribution < 1.29 is 22.7 Å². The summed E-state index contributed by atoms with van der Waals surface area (Å²) in [5.41, 5.74) is 2.35. The molecule has 1 aliphatic rings. The Morgan fingerprint density at radius 3 is 2.41 bits per heavy atom. The first-order valence-electron chi connectivity index (χ1n) is 10.5. The molecule has 2 aromatic carbocycles. The van der Waals surface area contributed by atoms with Crippen molar-refractivity contribution in [3.63, 3.8) is 0 Å². The van der Waals surface area contributed by atoms with Crippen LogP contribution in [0.5, 0.6) is 5.75 Å². The lowest BCUT2D eigenvalue weighted by Gasteiger charge is -2.27. The summed E-state index contributed by atoms with van der Waals surface area (Å²) >= 11 is 0. The summed E-state index contributed by atoms with van der Waals surface area (Å²) in [5.74, 6) is 0.0554. The summed E-state index contributed by atoms with van der Waals surface area (Å²) in [7, 11) is -3.76. The van der Waals surface area contributed by atoms with Crippen LogP contribution in [0.4, 0.5) is 0 Å². The quantitative estimate of drug-likeness (QED) is 0.508. The second kappa shape index (κ2) is 9.13. The molecule has 0 fully saturated rings. The molecule has 0 spiro atoms. The van der Waals surface area contributed by atoms with E-state index in [0.717, 1.165) is 11.4 Å². The Balaban J connectivity index is 1.70. The molecule has 0 saturated heterocycles. The molecule has 8 nitrogen and oxygen atoms in total. The average molecular weight is 456 g/mol. The van der Waals surface area contributed by atoms with E-state index in [1.807, 2.05) is 37.3 Å².